The molecule has 0 aromatic heterocycles. The summed E-state index contributed by atoms with van der Waals surface area (Å²) in [6.45, 7) is -0.170. The van der Waals surface area contributed by atoms with Crippen molar-refractivity contribution < 1.29 is 13.9 Å². The second kappa shape index (κ2) is 3.15. The maximum absolute atomic E-state index is 13.3. The van der Waals surface area contributed by atoms with Gasteiger partial charge in [-0.2, -0.15) is 0 Å². The smallest absolute Gasteiger partial charge is 0.260 e. The molecule has 2 nitrogen and oxygen atoms in total. The van der Waals surface area contributed by atoms with Gasteiger partial charge in [0.1, 0.15) is 5.75 Å². The van der Waals surface area contributed by atoms with E-state index < -0.39 is 11.3 Å². The van der Waals surface area contributed by atoms with Crippen LogP contribution in [0.1, 0.15) is 12.0 Å². The molecule has 82 valence electrons. The standard InChI is InChI=1S/C10H10BrF2NO/c11-6-2-1-3-7(15)8(6)9(5-14)4-10(9,12)13/h1-3,15H,4-5,14H2. The van der Waals surface area contributed by atoms with E-state index in [-0.39, 0.29) is 24.3 Å². The summed E-state index contributed by atoms with van der Waals surface area (Å²) in [5, 5.41) is 9.61. The Labute approximate surface area is 94.2 Å². The highest BCUT2D eigenvalue weighted by Crippen LogP contribution is 2.63. The third-order valence-corrected chi connectivity index (χ3v) is 3.58. The number of aromatic hydroxyl groups is 1. The molecular weight excluding hydrogens is 268 g/mol. The fraction of sp³-hybridized carbons (Fsp3) is 0.400. The van der Waals surface area contributed by atoms with Gasteiger partial charge in [0.05, 0.1) is 5.41 Å². The Hall–Kier alpha value is -0.680. The molecule has 5 heteroatoms. The lowest BCUT2D eigenvalue weighted by Gasteiger charge is -2.17. The number of nitrogens with two attached hydrogens (primary N) is 1. The largest absolute Gasteiger partial charge is 0.508 e. The van der Waals surface area contributed by atoms with Gasteiger partial charge in [-0.1, -0.05) is 22.0 Å². The number of phenolic OH excluding ortho intramolecular Hbond substituents is 1. The van der Waals surface area contributed by atoms with E-state index in [0.717, 1.165) is 0 Å². The lowest BCUT2D eigenvalue weighted by molar-refractivity contribution is 0.0887. The van der Waals surface area contributed by atoms with Gasteiger partial charge in [-0.05, 0) is 12.1 Å². The van der Waals surface area contributed by atoms with Gasteiger partial charge in [0.2, 0.25) is 0 Å². The maximum atomic E-state index is 13.3. The molecule has 0 radical (unpaired) electrons. The van der Waals surface area contributed by atoms with Gasteiger partial charge in [-0.3, -0.25) is 0 Å². The van der Waals surface area contributed by atoms with Crippen molar-refractivity contribution in [3.63, 3.8) is 0 Å². The summed E-state index contributed by atoms with van der Waals surface area (Å²) in [5.41, 5.74) is 4.23. The lowest BCUT2D eigenvalue weighted by Crippen LogP contribution is -2.27. The van der Waals surface area contributed by atoms with Crippen molar-refractivity contribution in [3.05, 3.63) is 28.2 Å². The minimum absolute atomic E-state index is 0.132. The fourth-order valence-electron chi connectivity index (χ4n) is 1.92. The van der Waals surface area contributed by atoms with Crippen LogP contribution in [-0.4, -0.2) is 17.6 Å². The molecule has 1 aromatic carbocycles. The number of halogens is 3. The molecule has 0 spiro atoms. The van der Waals surface area contributed by atoms with Crippen molar-refractivity contribution in [1.29, 1.82) is 0 Å². The van der Waals surface area contributed by atoms with E-state index >= 15 is 0 Å². The number of phenols is 1. The average molecular weight is 278 g/mol. The average Bonchev–Trinajstić information content (AvgIpc) is 2.69. The van der Waals surface area contributed by atoms with Crippen LogP contribution >= 0.6 is 15.9 Å². The fourth-order valence-corrected chi connectivity index (χ4v) is 2.65. The van der Waals surface area contributed by atoms with E-state index in [9.17, 15) is 13.9 Å². The summed E-state index contributed by atoms with van der Waals surface area (Å²) in [5.74, 6) is -2.95. The highest BCUT2D eigenvalue weighted by Gasteiger charge is 2.72. The molecule has 2 rings (SSSR count). The number of rotatable bonds is 2. The molecule has 1 saturated carbocycles. The highest BCUT2D eigenvalue weighted by atomic mass is 79.9. The van der Waals surface area contributed by atoms with Gasteiger partial charge in [-0.15, -0.1) is 0 Å². The van der Waals surface area contributed by atoms with E-state index in [1.165, 1.54) is 6.07 Å². The molecule has 1 aromatic rings. The summed E-state index contributed by atoms with van der Waals surface area (Å²) in [7, 11) is 0. The van der Waals surface area contributed by atoms with Crippen molar-refractivity contribution in [1.82, 2.24) is 0 Å². The number of hydrogen-bond acceptors (Lipinski definition) is 2. The molecule has 1 fully saturated rings. The maximum Gasteiger partial charge on any atom is 0.260 e. The first-order chi connectivity index (χ1) is 6.94. The first kappa shape index (κ1) is 10.8. The summed E-state index contributed by atoms with van der Waals surface area (Å²) in [6, 6.07) is 4.61. The van der Waals surface area contributed by atoms with Crippen LogP contribution < -0.4 is 5.73 Å². The molecule has 1 aliphatic rings. The Balaban J connectivity index is 2.55. The third kappa shape index (κ3) is 1.37. The van der Waals surface area contributed by atoms with Gasteiger partial charge < -0.3 is 10.8 Å². The predicted molar refractivity (Wildman–Crippen MR) is 56.1 cm³/mol. The Morgan fingerprint density at radius 2 is 2.07 bits per heavy atom. The Morgan fingerprint density at radius 3 is 2.47 bits per heavy atom. The van der Waals surface area contributed by atoms with Gasteiger partial charge in [-0.25, -0.2) is 8.78 Å². The van der Waals surface area contributed by atoms with Crippen LogP contribution in [0.25, 0.3) is 0 Å². The zero-order valence-corrected chi connectivity index (χ0v) is 9.39. The van der Waals surface area contributed by atoms with Crippen LogP contribution in [0.4, 0.5) is 8.78 Å². The number of benzene rings is 1. The van der Waals surface area contributed by atoms with E-state index in [1.807, 2.05) is 0 Å². The second-order valence-corrected chi connectivity index (χ2v) is 4.66. The van der Waals surface area contributed by atoms with Crippen molar-refractivity contribution in [2.75, 3.05) is 6.54 Å². The summed E-state index contributed by atoms with van der Waals surface area (Å²) in [4.78, 5) is 0. The number of alkyl halides is 2. The molecule has 1 unspecified atom stereocenters. The molecular formula is C10H10BrF2NO. The molecule has 1 atom stereocenters. The first-order valence-corrected chi connectivity index (χ1v) is 5.30. The first-order valence-electron chi connectivity index (χ1n) is 4.50. The zero-order chi connectivity index (χ0) is 11.3. The number of hydrogen-bond donors (Lipinski definition) is 2. The molecule has 0 bridgehead atoms. The Bertz CT molecular complexity index is 390. The molecule has 15 heavy (non-hydrogen) atoms. The topological polar surface area (TPSA) is 46.2 Å². The molecule has 0 aliphatic heterocycles. The van der Waals surface area contributed by atoms with Crippen LogP contribution in [0.2, 0.25) is 0 Å². The molecule has 0 heterocycles. The quantitative estimate of drug-likeness (QED) is 0.872. The minimum atomic E-state index is -2.82. The summed E-state index contributed by atoms with van der Waals surface area (Å²) >= 11 is 3.17. The third-order valence-electron chi connectivity index (χ3n) is 2.92. The van der Waals surface area contributed by atoms with Crippen molar-refractivity contribution in [3.8, 4) is 5.75 Å². The zero-order valence-electron chi connectivity index (χ0n) is 7.80. The normalized spacial score (nSPS) is 27.7. The second-order valence-electron chi connectivity index (χ2n) is 3.80. The van der Waals surface area contributed by atoms with Gasteiger partial charge in [0.25, 0.3) is 5.92 Å². The Morgan fingerprint density at radius 1 is 1.47 bits per heavy atom. The van der Waals surface area contributed by atoms with E-state index in [2.05, 4.69) is 15.9 Å². The molecule has 0 amide bonds. The van der Waals surface area contributed by atoms with E-state index in [0.29, 0.717) is 4.47 Å². The van der Waals surface area contributed by atoms with Crippen LogP contribution in [0, 0.1) is 0 Å². The van der Waals surface area contributed by atoms with Crippen molar-refractivity contribution in [2.45, 2.75) is 17.8 Å². The lowest BCUT2D eigenvalue weighted by atomic mass is 9.94. The monoisotopic (exact) mass is 277 g/mol. The molecule has 3 N–H and O–H groups in total. The van der Waals surface area contributed by atoms with Crippen LogP contribution in [0.15, 0.2) is 22.7 Å². The van der Waals surface area contributed by atoms with E-state index in [4.69, 9.17) is 5.73 Å². The molecule has 1 aliphatic carbocycles. The highest BCUT2D eigenvalue weighted by molar-refractivity contribution is 9.10. The summed E-state index contributed by atoms with van der Waals surface area (Å²) < 4.78 is 27.0. The van der Waals surface area contributed by atoms with Crippen molar-refractivity contribution >= 4 is 15.9 Å². The van der Waals surface area contributed by atoms with E-state index in [1.54, 1.807) is 12.1 Å². The summed E-state index contributed by atoms with van der Waals surface area (Å²) in [6.07, 6.45) is -0.299. The Kier molecular flexibility index (Phi) is 2.28. The molecule has 0 saturated heterocycles. The minimum Gasteiger partial charge on any atom is -0.508 e. The van der Waals surface area contributed by atoms with Crippen LogP contribution in [-0.2, 0) is 5.41 Å². The van der Waals surface area contributed by atoms with Gasteiger partial charge in [0.15, 0.2) is 0 Å². The van der Waals surface area contributed by atoms with Crippen LogP contribution in [0.5, 0.6) is 5.75 Å². The SMILES string of the molecule is NCC1(c2c(O)cccc2Br)CC1(F)F. The predicted octanol–water partition coefficient (Wildman–Crippen LogP) is 2.39. The van der Waals surface area contributed by atoms with Gasteiger partial charge >= 0.3 is 0 Å². The van der Waals surface area contributed by atoms with Gasteiger partial charge in [0, 0.05) is 23.0 Å². The van der Waals surface area contributed by atoms with Crippen LogP contribution in [0.3, 0.4) is 0 Å². The van der Waals surface area contributed by atoms with Crippen molar-refractivity contribution in [2.24, 2.45) is 5.73 Å².